The Kier molecular flexibility index (Phi) is 10.5. The van der Waals surface area contributed by atoms with Gasteiger partial charge in [0.25, 0.3) is 0 Å². The van der Waals surface area contributed by atoms with E-state index in [0.29, 0.717) is 18.4 Å². The maximum atomic E-state index is 13.2. The van der Waals surface area contributed by atoms with Crippen LogP contribution >= 0.6 is 0 Å². The molecule has 0 aromatic carbocycles. The number of carbonyl (C=O) groups is 4. The van der Waals surface area contributed by atoms with Gasteiger partial charge in [0.2, 0.25) is 0 Å². The lowest BCUT2D eigenvalue weighted by Gasteiger charge is -2.55. The van der Waals surface area contributed by atoms with Crippen molar-refractivity contribution in [2.75, 3.05) is 0 Å². The van der Waals surface area contributed by atoms with Gasteiger partial charge in [0.15, 0.2) is 18.3 Å². The van der Waals surface area contributed by atoms with Crippen molar-refractivity contribution in [1.82, 2.24) is 0 Å². The first-order valence-corrected chi connectivity index (χ1v) is 14.7. The summed E-state index contributed by atoms with van der Waals surface area (Å²) in [6.07, 6.45) is 0.723. The highest BCUT2D eigenvalue weighted by Crippen LogP contribution is 2.54. The van der Waals surface area contributed by atoms with E-state index in [1.54, 1.807) is 32.9 Å². The van der Waals surface area contributed by atoms with Crippen LogP contribution in [0.5, 0.6) is 0 Å². The molecular weight excluding hydrogens is 532 g/mol. The Hall–Kier alpha value is -2.72. The van der Waals surface area contributed by atoms with Crippen LogP contribution in [0.1, 0.15) is 93.4 Å². The highest BCUT2D eigenvalue weighted by Gasteiger charge is 2.66. The molecule has 0 bridgehead atoms. The highest BCUT2D eigenvalue weighted by molar-refractivity contribution is 5.77. The summed E-state index contributed by atoms with van der Waals surface area (Å²) in [7, 11) is 0. The van der Waals surface area contributed by atoms with E-state index in [1.807, 2.05) is 13.8 Å². The lowest BCUT2D eigenvalue weighted by atomic mass is 9.55. The summed E-state index contributed by atoms with van der Waals surface area (Å²) in [5, 5.41) is 24.2. The van der Waals surface area contributed by atoms with E-state index in [0.717, 1.165) is 18.4 Å². The summed E-state index contributed by atoms with van der Waals surface area (Å²) in [6.45, 7) is 11.7. The van der Waals surface area contributed by atoms with E-state index in [9.17, 15) is 29.4 Å². The van der Waals surface area contributed by atoms with Crippen LogP contribution < -0.4 is 0 Å². The normalized spacial score (nSPS) is 38.3. The maximum absolute atomic E-state index is 13.2. The molecular formula is C31H46O10. The maximum Gasteiger partial charge on any atom is 0.312 e. The molecule has 1 aliphatic heterocycles. The third kappa shape index (κ3) is 6.38. The highest BCUT2D eigenvalue weighted by atomic mass is 16.6. The second-order valence-corrected chi connectivity index (χ2v) is 12.0. The van der Waals surface area contributed by atoms with Crippen molar-refractivity contribution in [3.8, 4) is 0 Å². The predicted octanol–water partition coefficient (Wildman–Crippen LogP) is 3.71. The Balaban J connectivity index is 2.27. The smallest absolute Gasteiger partial charge is 0.312 e. The fraction of sp³-hybridized carbons (Fsp3) is 0.742. The Morgan fingerprint density at radius 2 is 1.76 bits per heavy atom. The Labute approximate surface area is 242 Å². The van der Waals surface area contributed by atoms with Gasteiger partial charge in [0, 0.05) is 25.7 Å². The van der Waals surface area contributed by atoms with Crippen LogP contribution in [0.15, 0.2) is 23.3 Å². The first kappa shape index (κ1) is 32.8. The molecule has 0 amide bonds. The van der Waals surface area contributed by atoms with Gasteiger partial charge in [-0.15, -0.1) is 0 Å². The number of ether oxygens (including phenoxy) is 4. The van der Waals surface area contributed by atoms with E-state index in [-0.39, 0.29) is 19.3 Å². The quantitative estimate of drug-likeness (QED) is 0.189. The molecule has 3 rings (SSSR count). The van der Waals surface area contributed by atoms with Gasteiger partial charge in [0.05, 0.1) is 17.4 Å². The van der Waals surface area contributed by atoms with E-state index in [4.69, 9.17) is 18.9 Å². The van der Waals surface area contributed by atoms with Crippen LogP contribution in [0.3, 0.4) is 0 Å². The van der Waals surface area contributed by atoms with Crippen LogP contribution in [0.4, 0.5) is 0 Å². The Morgan fingerprint density at radius 3 is 2.37 bits per heavy atom. The summed E-state index contributed by atoms with van der Waals surface area (Å²) < 4.78 is 23.3. The Bertz CT molecular complexity index is 1080. The summed E-state index contributed by atoms with van der Waals surface area (Å²) in [5.41, 5.74) is -2.13. The van der Waals surface area contributed by atoms with Crippen molar-refractivity contribution >= 4 is 23.9 Å². The minimum atomic E-state index is -2.04. The van der Waals surface area contributed by atoms with Crippen LogP contribution in [0, 0.1) is 17.3 Å². The second kappa shape index (κ2) is 13.1. The van der Waals surface area contributed by atoms with Crippen molar-refractivity contribution in [3.05, 3.63) is 23.3 Å². The average Bonchev–Trinajstić information content (AvgIpc) is 3.11. The zero-order valence-corrected chi connectivity index (χ0v) is 25.3. The number of unbranched alkanes of at least 4 members (excludes halogenated alkanes) is 2. The number of hydrogen-bond acceptors (Lipinski definition) is 10. The number of rotatable bonds is 8. The molecule has 0 aromatic heterocycles. The number of fused-ring (bicyclic) bond motifs is 2. The topological polar surface area (TPSA) is 146 Å². The third-order valence-corrected chi connectivity index (χ3v) is 9.07. The van der Waals surface area contributed by atoms with E-state index in [1.165, 1.54) is 13.8 Å². The standard InChI is InChI=1S/C31H46O10/c1-8-10-11-12-25(34)39-22-14-13-17(3)15-23-31(37,19(5)29(36)40-23)27(35)26-18(4)16-21(38-20(6)32)28(30(22,26)7)41-24(33)9-2/h15-16,19,21-23,26-28,35,37H,8-14H2,1-7H3/b17-15-/t19-,21?,22?,23-,26+,27?,28-,30?,31-/m0/s1. The summed E-state index contributed by atoms with van der Waals surface area (Å²) in [5.74, 6) is -4.31. The molecule has 0 radical (unpaired) electrons. The third-order valence-electron chi connectivity index (χ3n) is 9.07. The molecule has 0 spiro atoms. The molecule has 3 aliphatic rings. The van der Waals surface area contributed by atoms with E-state index in [2.05, 4.69) is 0 Å². The molecule has 41 heavy (non-hydrogen) atoms. The number of carbonyl (C=O) groups excluding carboxylic acids is 4. The van der Waals surface area contributed by atoms with Crippen molar-refractivity contribution in [3.63, 3.8) is 0 Å². The minimum Gasteiger partial charge on any atom is -0.462 e. The molecule has 230 valence electrons. The molecule has 1 saturated heterocycles. The van der Waals surface area contributed by atoms with Crippen LogP contribution in [-0.2, 0) is 38.1 Å². The zero-order chi connectivity index (χ0) is 30.7. The van der Waals surface area contributed by atoms with E-state index < -0.39 is 77.2 Å². The van der Waals surface area contributed by atoms with Crippen LogP contribution in [0.2, 0.25) is 0 Å². The van der Waals surface area contributed by atoms with E-state index >= 15 is 0 Å². The van der Waals surface area contributed by atoms with Gasteiger partial charge in [0.1, 0.15) is 11.7 Å². The first-order chi connectivity index (χ1) is 19.2. The molecule has 4 unspecified atom stereocenters. The molecule has 1 fully saturated rings. The fourth-order valence-electron chi connectivity index (χ4n) is 6.70. The lowest BCUT2D eigenvalue weighted by molar-refractivity contribution is -0.221. The largest absolute Gasteiger partial charge is 0.462 e. The average molecular weight is 579 g/mol. The van der Waals surface area contributed by atoms with Gasteiger partial charge in [-0.25, -0.2) is 0 Å². The van der Waals surface area contributed by atoms with Crippen LogP contribution in [-0.4, -0.2) is 70.2 Å². The molecule has 10 nitrogen and oxygen atoms in total. The van der Waals surface area contributed by atoms with Gasteiger partial charge in [-0.2, -0.15) is 0 Å². The molecule has 0 saturated carbocycles. The number of hydrogen-bond donors (Lipinski definition) is 2. The zero-order valence-electron chi connectivity index (χ0n) is 25.3. The number of esters is 4. The summed E-state index contributed by atoms with van der Waals surface area (Å²) >= 11 is 0. The first-order valence-electron chi connectivity index (χ1n) is 14.7. The van der Waals surface area contributed by atoms with Crippen LogP contribution in [0.25, 0.3) is 0 Å². The van der Waals surface area contributed by atoms with Gasteiger partial charge in [-0.05, 0) is 52.2 Å². The summed E-state index contributed by atoms with van der Waals surface area (Å²) in [4.78, 5) is 50.9. The molecule has 9 atom stereocenters. The predicted molar refractivity (Wildman–Crippen MR) is 148 cm³/mol. The van der Waals surface area contributed by atoms with Gasteiger partial charge >= 0.3 is 23.9 Å². The minimum absolute atomic E-state index is 0.0317. The molecule has 1 heterocycles. The van der Waals surface area contributed by atoms with Gasteiger partial charge < -0.3 is 29.2 Å². The molecule has 2 aliphatic carbocycles. The van der Waals surface area contributed by atoms with Crippen molar-refractivity contribution in [2.24, 2.45) is 17.3 Å². The number of allylic oxidation sites excluding steroid dienone is 1. The van der Waals surface area contributed by atoms with Gasteiger partial charge in [-0.3, -0.25) is 19.2 Å². The monoisotopic (exact) mass is 578 g/mol. The molecule has 0 aromatic rings. The van der Waals surface area contributed by atoms with Gasteiger partial charge in [-0.1, -0.05) is 44.8 Å². The molecule has 2 N–H and O–H groups in total. The van der Waals surface area contributed by atoms with Crippen molar-refractivity contribution in [1.29, 1.82) is 0 Å². The summed E-state index contributed by atoms with van der Waals surface area (Å²) in [6, 6.07) is 0. The lowest BCUT2D eigenvalue weighted by Crippen LogP contribution is -2.66. The van der Waals surface area contributed by atoms with Crippen molar-refractivity contribution in [2.45, 2.75) is 130 Å². The second-order valence-electron chi connectivity index (χ2n) is 12.0. The fourth-order valence-corrected chi connectivity index (χ4v) is 6.70. The molecule has 10 heteroatoms. The number of aliphatic hydroxyl groups excluding tert-OH is 1. The SMILES string of the molecule is CCCCCC(=O)OC1CC/C(C)=C\[C@@H]2OC(=O)[C@H](C)[C@@]2(O)C(O)[C@H]2C(C)=CC(OC(C)=O)[C@H](OC(=O)CC)C12C. The van der Waals surface area contributed by atoms with Crippen molar-refractivity contribution < 1.29 is 48.3 Å². The number of aliphatic hydroxyl groups is 2. The Morgan fingerprint density at radius 1 is 1.07 bits per heavy atom.